The molecule has 1 aliphatic heterocycles. The summed E-state index contributed by atoms with van der Waals surface area (Å²) in [5.41, 5.74) is 1.05. The van der Waals surface area contributed by atoms with Gasteiger partial charge in [-0.2, -0.15) is 4.31 Å². The molecule has 1 saturated heterocycles. The van der Waals surface area contributed by atoms with Crippen molar-refractivity contribution < 1.29 is 8.42 Å². The van der Waals surface area contributed by atoms with Crippen LogP contribution >= 0.6 is 15.9 Å². The lowest BCUT2D eigenvalue weighted by Gasteiger charge is -2.21. The highest BCUT2D eigenvalue weighted by Crippen LogP contribution is 2.29. The van der Waals surface area contributed by atoms with Crippen molar-refractivity contribution >= 4 is 26.0 Å². The first kappa shape index (κ1) is 16.0. The van der Waals surface area contributed by atoms with E-state index in [0.717, 1.165) is 31.2 Å². The first-order valence-electron chi connectivity index (χ1n) is 7.21. The number of halogens is 1. The minimum atomic E-state index is -3.38. The summed E-state index contributed by atoms with van der Waals surface area (Å²) in [5.74, 6) is 0.664. The summed E-state index contributed by atoms with van der Waals surface area (Å²) in [6, 6.07) is 5.42. The van der Waals surface area contributed by atoms with Crippen LogP contribution in [0.4, 0.5) is 0 Å². The summed E-state index contributed by atoms with van der Waals surface area (Å²) in [4.78, 5) is 0.387. The monoisotopic (exact) mass is 359 g/mol. The number of hydrogen-bond acceptors (Lipinski definition) is 2. The average Bonchev–Trinajstić information content (AvgIpc) is 2.63. The molecule has 0 saturated carbocycles. The van der Waals surface area contributed by atoms with E-state index in [1.807, 2.05) is 19.1 Å². The molecule has 0 aliphatic carbocycles. The van der Waals surface area contributed by atoms with Crippen molar-refractivity contribution in [3.05, 3.63) is 28.2 Å². The Labute approximate surface area is 130 Å². The Morgan fingerprint density at radius 1 is 1.30 bits per heavy atom. The van der Waals surface area contributed by atoms with Gasteiger partial charge in [0.05, 0.1) is 4.90 Å². The number of nitrogens with zero attached hydrogens (tertiary/aromatic N) is 1. The maximum absolute atomic E-state index is 12.8. The smallest absolute Gasteiger partial charge is 0.207 e. The van der Waals surface area contributed by atoms with Gasteiger partial charge >= 0.3 is 0 Å². The summed E-state index contributed by atoms with van der Waals surface area (Å²) < 4.78 is 27.8. The van der Waals surface area contributed by atoms with Gasteiger partial charge in [-0.3, -0.25) is 0 Å². The molecule has 1 fully saturated rings. The maximum Gasteiger partial charge on any atom is 0.244 e. The van der Waals surface area contributed by atoms with E-state index in [2.05, 4.69) is 22.9 Å². The van der Waals surface area contributed by atoms with Gasteiger partial charge in [0, 0.05) is 17.6 Å². The van der Waals surface area contributed by atoms with Gasteiger partial charge in [-0.05, 0) is 65.7 Å². The molecule has 0 aromatic heterocycles. The van der Waals surface area contributed by atoms with Gasteiger partial charge in [0.15, 0.2) is 0 Å². The van der Waals surface area contributed by atoms with Gasteiger partial charge in [-0.15, -0.1) is 0 Å². The largest absolute Gasteiger partial charge is 0.244 e. The molecule has 112 valence electrons. The zero-order chi connectivity index (χ0) is 14.8. The molecular formula is C15H22BrNO2S. The summed E-state index contributed by atoms with van der Waals surface area (Å²) in [6.07, 6.45) is 4.21. The second-order valence-corrected chi connectivity index (χ2v) is 8.30. The molecule has 1 aliphatic rings. The molecule has 0 spiro atoms. The molecule has 20 heavy (non-hydrogen) atoms. The Kier molecular flexibility index (Phi) is 5.26. The average molecular weight is 360 g/mol. The fraction of sp³-hybridized carbons (Fsp3) is 0.600. The minimum Gasteiger partial charge on any atom is -0.207 e. The maximum atomic E-state index is 12.8. The Bertz CT molecular complexity index is 571. The molecular weight excluding hydrogens is 338 g/mol. The third kappa shape index (κ3) is 3.43. The molecule has 0 radical (unpaired) electrons. The van der Waals surface area contributed by atoms with Crippen molar-refractivity contribution in [3.63, 3.8) is 0 Å². The molecule has 0 N–H and O–H groups in total. The van der Waals surface area contributed by atoms with Crippen molar-refractivity contribution in [2.24, 2.45) is 5.92 Å². The van der Waals surface area contributed by atoms with Crippen LogP contribution in [0, 0.1) is 12.8 Å². The molecule has 0 amide bonds. The van der Waals surface area contributed by atoms with Crippen molar-refractivity contribution in [1.29, 1.82) is 0 Å². The van der Waals surface area contributed by atoms with E-state index >= 15 is 0 Å². The van der Waals surface area contributed by atoms with Crippen LogP contribution in [0.25, 0.3) is 0 Å². The van der Waals surface area contributed by atoms with Crippen molar-refractivity contribution in [2.75, 3.05) is 13.1 Å². The second-order valence-electron chi connectivity index (χ2n) is 5.54. The van der Waals surface area contributed by atoms with Crippen LogP contribution in [0.15, 0.2) is 27.6 Å². The third-order valence-corrected chi connectivity index (χ3v) is 6.96. The fourth-order valence-corrected chi connectivity index (χ4v) is 5.39. The van der Waals surface area contributed by atoms with Crippen LogP contribution in [-0.2, 0) is 10.0 Å². The van der Waals surface area contributed by atoms with Gasteiger partial charge in [-0.25, -0.2) is 8.42 Å². The molecule has 2 rings (SSSR count). The Balaban J connectivity index is 2.25. The molecule has 3 nitrogen and oxygen atoms in total. The highest BCUT2D eigenvalue weighted by atomic mass is 79.9. The molecule has 1 aromatic rings. The standard InChI is InChI=1S/C15H22BrNO2S/c1-3-13-5-4-9-17(10-8-13)20(18,19)15-7-6-12(2)11-14(15)16/h6-7,11,13H,3-5,8-10H2,1-2H3. The van der Waals surface area contributed by atoms with Crippen LogP contribution in [-0.4, -0.2) is 25.8 Å². The van der Waals surface area contributed by atoms with Crippen LogP contribution in [0.1, 0.15) is 38.2 Å². The van der Waals surface area contributed by atoms with E-state index in [0.29, 0.717) is 28.4 Å². The summed E-state index contributed by atoms with van der Waals surface area (Å²) >= 11 is 3.39. The molecule has 1 aromatic carbocycles. The molecule has 1 heterocycles. The number of aryl methyl sites for hydroxylation is 1. The SMILES string of the molecule is CCC1CCCN(S(=O)(=O)c2ccc(C)cc2Br)CC1. The van der Waals surface area contributed by atoms with Crippen LogP contribution in [0.5, 0.6) is 0 Å². The third-order valence-electron chi connectivity index (χ3n) is 4.09. The lowest BCUT2D eigenvalue weighted by Crippen LogP contribution is -2.32. The highest BCUT2D eigenvalue weighted by molar-refractivity contribution is 9.10. The normalized spacial score (nSPS) is 21.6. The summed E-state index contributed by atoms with van der Waals surface area (Å²) in [5, 5.41) is 0. The molecule has 1 unspecified atom stereocenters. The fourth-order valence-electron chi connectivity index (χ4n) is 2.74. The lowest BCUT2D eigenvalue weighted by atomic mass is 9.98. The predicted octanol–water partition coefficient (Wildman–Crippen LogP) is 3.96. The number of sulfonamides is 1. The number of benzene rings is 1. The van der Waals surface area contributed by atoms with Gasteiger partial charge in [0.1, 0.15) is 0 Å². The molecule has 0 bridgehead atoms. The zero-order valence-electron chi connectivity index (χ0n) is 12.1. The van der Waals surface area contributed by atoms with Crippen LogP contribution in [0.2, 0.25) is 0 Å². The molecule has 5 heteroatoms. The van der Waals surface area contributed by atoms with E-state index in [1.165, 1.54) is 0 Å². The predicted molar refractivity (Wildman–Crippen MR) is 85.3 cm³/mol. The van der Waals surface area contributed by atoms with E-state index in [4.69, 9.17) is 0 Å². The highest BCUT2D eigenvalue weighted by Gasteiger charge is 2.28. The first-order valence-corrected chi connectivity index (χ1v) is 9.44. The van der Waals surface area contributed by atoms with Gasteiger partial charge < -0.3 is 0 Å². The van der Waals surface area contributed by atoms with Crippen molar-refractivity contribution in [3.8, 4) is 0 Å². The van der Waals surface area contributed by atoms with Crippen molar-refractivity contribution in [2.45, 2.75) is 44.4 Å². The van der Waals surface area contributed by atoms with E-state index in [1.54, 1.807) is 10.4 Å². The van der Waals surface area contributed by atoms with Gasteiger partial charge in [0.2, 0.25) is 10.0 Å². The molecule has 1 atom stereocenters. The van der Waals surface area contributed by atoms with Gasteiger partial charge in [-0.1, -0.05) is 19.4 Å². The topological polar surface area (TPSA) is 37.4 Å². The zero-order valence-corrected chi connectivity index (χ0v) is 14.5. The van der Waals surface area contributed by atoms with E-state index in [9.17, 15) is 8.42 Å². The number of hydrogen-bond donors (Lipinski definition) is 0. The first-order chi connectivity index (χ1) is 9.45. The Morgan fingerprint density at radius 3 is 2.70 bits per heavy atom. The minimum absolute atomic E-state index is 0.387. The summed E-state index contributed by atoms with van der Waals surface area (Å²) in [6.45, 7) is 5.42. The van der Waals surface area contributed by atoms with Crippen molar-refractivity contribution in [1.82, 2.24) is 4.31 Å². The van der Waals surface area contributed by atoms with E-state index < -0.39 is 10.0 Å². The second kappa shape index (κ2) is 6.58. The Hall–Kier alpha value is -0.390. The van der Waals surface area contributed by atoms with Crippen LogP contribution in [0.3, 0.4) is 0 Å². The summed E-state index contributed by atoms with van der Waals surface area (Å²) in [7, 11) is -3.38. The number of rotatable bonds is 3. The Morgan fingerprint density at radius 2 is 2.05 bits per heavy atom. The lowest BCUT2D eigenvalue weighted by molar-refractivity contribution is 0.407. The van der Waals surface area contributed by atoms with Crippen LogP contribution < -0.4 is 0 Å². The van der Waals surface area contributed by atoms with Gasteiger partial charge in [0.25, 0.3) is 0 Å². The quantitative estimate of drug-likeness (QED) is 0.818. The van der Waals surface area contributed by atoms with E-state index in [-0.39, 0.29) is 0 Å².